The number of aromatic nitrogens is 1. The Morgan fingerprint density at radius 1 is 1.04 bits per heavy atom. The van der Waals surface area contributed by atoms with E-state index in [1.165, 1.54) is 32.1 Å². The SMILES string of the molecule is CC1CCCN(C(=O)c2cncc(C(=O)NC3CCCCCC3)c2)C1. The highest BCUT2D eigenvalue weighted by Crippen LogP contribution is 2.19. The Balaban J connectivity index is 1.65. The summed E-state index contributed by atoms with van der Waals surface area (Å²) in [6.45, 7) is 3.76. The van der Waals surface area contributed by atoms with Crippen LogP contribution in [0, 0.1) is 5.92 Å². The minimum atomic E-state index is -0.110. The number of hydrogen-bond acceptors (Lipinski definition) is 3. The van der Waals surface area contributed by atoms with E-state index in [0.29, 0.717) is 17.0 Å². The van der Waals surface area contributed by atoms with E-state index in [4.69, 9.17) is 0 Å². The van der Waals surface area contributed by atoms with Crippen LogP contribution >= 0.6 is 0 Å². The maximum atomic E-state index is 12.7. The molecule has 0 aromatic carbocycles. The molecule has 1 aliphatic carbocycles. The molecular formula is C20H29N3O2. The molecule has 2 heterocycles. The third kappa shape index (κ3) is 4.80. The van der Waals surface area contributed by atoms with E-state index in [9.17, 15) is 9.59 Å². The van der Waals surface area contributed by atoms with Crippen LogP contribution < -0.4 is 5.32 Å². The minimum absolute atomic E-state index is 0.0110. The Morgan fingerprint density at radius 2 is 1.76 bits per heavy atom. The van der Waals surface area contributed by atoms with Crippen LogP contribution in [0.25, 0.3) is 0 Å². The van der Waals surface area contributed by atoms with E-state index in [1.807, 2.05) is 4.90 Å². The lowest BCUT2D eigenvalue weighted by Crippen LogP contribution is -2.39. The van der Waals surface area contributed by atoms with Crippen molar-refractivity contribution in [1.82, 2.24) is 15.2 Å². The van der Waals surface area contributed by atoms with Crippen molar-refractivity contribution in [2.75, 3.05) is 13.1 Å². The van der Waals surface area contributed by atoms with Gasteiger partial charge in [-0.25, -0.2) is 0 Å². The molecular weight excluding hydrogens is 314 g/mol. The summed E-state index contributed by atoms with van der Waals surface area (Å²) in [4.78, 5) is 31.3. The summed E-state index contributed by atoms with van der Waals surface area (Å²) in [6.07, 6.45) is 12.3. The predicted molar refractivity (Wildman–Crippen MR) is 97.5 cm³/mol. The van der Waals surface area contributed by atoms with Crippen molar-refractivity contribution in [3.8, 4) is 0 Å². The molecule has 1 saturated carbocycles. The summed E-state index contributed by atoms with van der Waals surface area (Å²) in [7, 11) is 0. The van der Waals surface area contributed by atoms with Gasteiger partial charge in [0.2, 0.25) is 0 Å². The third-order valence-corrected chi connectivity index (χ3v) is 5.38. The number of amides is 2. The van der Waals surface area contributed by atoms with Gasteiger partial charge in [0.1, 0.15) is 0 Å². The van der Waals surface area contributed by atoms with E-state index < -0.39 is 0 Å². The highest BCUT2D eigenvalue weighted by Gasteiger charge is 2.23. The van der Waals surface area contributed by atoms with Gasteiger partial charge in [-0.05, 0) is 37.7 Å². The second kappa shape index (κ2) is 8.45. The lowest BCUT2D eigenvalue weighted by atomic mass is 9.99. The van der Waals surface area contributed by atoms with E-state index in [2.05, 4.69) is 17.2 Å². The second-order valence-corrected chi connectivity index (χ2v) is 7.62. The second-order valence-electron chi connectivity index (χ2n) is 7.62. The van der Waals surface area contributed by atoms with Crippen molar-refractivity contribution in [1.29, 1.82) is 0 Å². The Bertz CT molecular complexity index is 609. The molecule has 1 N–H and O–H groups in total. The number of pyridine rings is 1. The lowest BCUT2D eigenvalue weighted by molar-refractivity contribution is 0.0682. The van der Waals surface area contributed by atoms with E-state index >= 15 is 0 Å². The summed E-state index contributed by atoms with van der Waals surface area (Å²) in [5.41, 5.74) is 1.00. The summed E-state index contributed by atoms with van der Waals surface area (Å²) in [6, 6.07) is 1.94. The molecule has 25 heavy (non-hydrogen) atoms. The molecule has 5 heteroatoms. The van der Waals surface area contributed by atoms with E-state index in [-0.39, 0.29) is 17.9 Å². The zero-order chi connectivity index (χ0) is 17.6. The van der Waals surface area contributed by atoms with Crippen LogP contribution in [-0.4, -0.2) is 40.8 Å². The number of rotatable bonds is 3. The highest BCUT2D eigenvalue weighted by atomic mass is 16.2. The molecule has 1 aromatic heterocycles. The number of hydrogen-bond donors (Lipinski definition) is 1. The monoisotopic (exact) mass is 343 g/mol. The topological polar surface area (TPSA) is 62.3 Å². The molecule has 0 bridgehead atoms. The number of piperidine rings is 1. The van der Waals surface area contributed by atoms with Crippen molar-refractivity contribution in [2.45, 2.75) is 64.3 Å². The number of carbonyl (C=O) groups excluding carboxylic acids is 2. The molecule has 1 unspecified atom stereocenters. The zero-order valence-electron chi connectivity index (χ0n) is 15.2. The summed E-state index contributed by atoms with van der Waals surface area (Å²) in [5.74, 6) is 0.414. The maximum Gasteiger partial charge on any atom is 0.255 e. The Kier molecular flexibility index (Phi) is 6.05. The van der Waals surface area contributed by atoms with Gasteiger partial charge >= 0.3 is 0 Å². The van der Waals surface area contributed by atoms with Gasteiger partial charge in [0.15, 0.2) is 0 Å². The Labute approximate surface area is 150 Å². The van der Waals surface area contributed by atoms with Crippen LogP contribution in [0.3, 0.4) is 0 Å². The first-order valence-electron chi connectivity index (χ1n) is 9.68. The molecule has 2 aliphatic rings. The fraction of sp³-hybridized carbons (Fsp3) is 0.650. The normalized spacial score (nSPS) is 22.3. The quantitative estimate of drug-likeness (QED) is 0.856. The molecule has 0 spiro atoms. The van der Waals surface area contributed by atoms with Gasteiger partial charge in [-0.2, -0.15) is 0 Å². The average molecular weight is 343 g/mol. The Hall–Kier alpha value is -1.91. The molecule has 2 fully saturated rings. The van der Waals surface area contributed by atoms with Crippen LogP contribution in [-0.2, 0) is 0 Å². The smallest absolute Gasteiger partial charge is 0.255 e. The molecule has 136 valence electrons. The Morgan fingerprint density at radius 3 is 2.48 bits per heavy atom. The van der Waals surface area contributed by atoms with Gasteiger partial charge in [-0.1, -0.05) is 32.6 Å². The van der Waals surface area contributed by atoms with Crippen LogP contribution in [0.2, 0.25) is 0 Å². The summed E-state index contributed by atoms with van der Waals surface area (Å²) < 4.78 is 0. The van der Waals surface area contributed by atoms with Gasteiger partial charge in [-0.3, -0.25) is 14.6 Å². The molecule has 1 saturated heterocycles. The first-order chi connectivity index (χ1) is 12.1. The standard InChI is InChI=1S/C20H29N3O2/c1-15-7-6-10-23(14-15)20(25)17-11-16(12-21-13-17)19(24)22-18-8-4-2-3-5-9-18/h11-13,15,18H,2-10,14H2,1H3,(H,22,24). The molecule has 1 atom stereocenters. The molecule has 1 aliphatic heterocycles. The van der Waals surface area contributed by atoms with Crippen molar-refractivity contribution < 1.29 is 9.59 Å². The molecule has 5 nitrogen and oxygen atoms in total. The summed E-state index contributed by atoms with van der Waals surface area (Å²) >= 11 is 0. The number of carbonyl (C=O) groups is 2. The van der Waals surface area contributed by atoms with Crippen LogP contribution in [0.15, 0.2) is 18.5 Å². The lowest BCUT2D eigenvalue weighted by Gasteiger charge is -2.31. The van der Waals surface area contributed by atoms with Gasteiger partial charge in [0.05, 0.1) is 11.1 Å². The number of nitrogens with zero attached hydrogens (tertiary/aromatic N) is 2. The fourth-order valence-electron chi connectivity index (χ4n) is 3.93. The van der Waals surface area contributed by atoms with Gasteiger partial charge in [-0.15, -0.1) is 0 Å². The van der Waals surface area contributed by atoms with Crippen molar-refractivity contribution in [3.05, 3.63) is 29.6 Å². The molecule has 1 aromatic rings. The molecule has 2 amide bonds. The fourth-order valence-corrected chi connectivity index (χ4v) is 3.93. The first kappa shape index (κ1) is 17.9. The van der Waals surface area contributed by atoms with E-state index in [1.54, 1.807) is 18.5 Å². The summed E-state index contributed by atoms with van der Waals surface area (Å²) in [5, 5.41) is 3.12. The highest BCUT2D eigenvalue weighted by molar-refractivity contribution is 5.99. The van der Waals surface area contributed by atoms with Crippen LogP contribution in [0.4, 0.5) is 0 Å². The largest absolute Gasteiger partial charge is 0.349 e. The third-order valence-electron chi connectivity index (χ3n) is 5.38. The number of likely N-dealkylation sites (tertiary alicyclic amines) is 1. The van der Waals surface area contributed by atoms with Crippen LogP contribution in [0.5, 0.6) is 0 Å². The van der Waals surface area contributed by atoms with Gasteiger partial charge < -0.3 is 10.2 Å². The first-order valence-corrected chi connectivity index (χ1v) is 9.68. The zero-order valence-corrected chi connectivity index (χ0v) is 15.2. The predicted octanol–water partition coefficient (Wildman–Crippen LogP) is 3.41. The van der Waals surface area contributed by atoms with Gasteiger partial charge in [0, 0.05) is 31.5 Å². The molecule has 0 radical (unpaired) electrons. The van der Waals surface area contributed by atoms with Crippen molar-refractivity contribution >= 4 is 11.8 Å². The van der Waals surface area contributed by atoms with Crippen LogP contribution in [0.1, 0.15) is 79.0 Å². The minimum Gasteiger partial charge on any atom is -0.349 e. The van der Waals surface area contributed by atoms with Crippen molar-refractivity contribution in [2.24, 2.45) is 5.92 Å². The average Bonchev–Trinajstić information content (AvgIpc) is 2.90. The van der Waals surface area contributed by atoms with Crippen molar-refractivity contribution in [3.63, 3.8) is 0 Å². The number of nitrogens with one attached hydrogen (secondary N) is 1. The van der Waals surface area contributed by atoms with Gasteiger partial charge in [0.25, 0.3) is 11.8 Å². The van der Waals surface area contributed by atoms with E-state index in [0.717, 1.165) is 32.4 Å². The molecule has 3 rings (SSSR count). The maximum absolute atomic E-state index is 12.7.